The van der Waals surface area contributed by atoms with Gasteiger partial charge in [0.1, 0.15) is 11.3 Å². The van der Waals surface area contributed by atoms with E-state index in [1.165, 1.54) is 12.2 Å². The Morgan fingerprint density at radius 2 is 1.13 bits per heavy atom. The lowest BCUT2D eigenvalue weighted by Gasteiger charge is -2.09. The maximum atomic E-state index is 13.1. The molecule has 0 unspecified atom stereocenters. The van der Waals surface area contributed by atoms with Crippen molar-refractivity contribution in [1.82, 2.24) is 9.97 Å². The van der Waals surface area contributed by atoms with Gasteiger partial charge in [0.25, 0.3) is 11.8 Å². The minimum Gasteiger partial charge on any atom is -0.361 e. The van der Waals surface area contributed by atoms with Gasteiger partial charge < -0.3 is 26.3 Å². The van der Waals surface area contributed by atoms with Gasteiger partial charge in [-0.1, -0.05) is 47.5 Å². The third-order valence-electron chi connectivity index (χ3n) is 8.25. The molecule has 0 bridgehead atoms. The van der Waals surface area contributed by atoms with E-state index in [0.29, 0.717) is 72.5 Å². The third-order valence-corrected chi connectivity index (χ3v) is 8.95. The van der Waals surface area contributed by atoms with Gasteiger partial charge in [-0.05, 0) is 103 Å². The maximum absolute atomic E-state index is 13.1. The Hall–Kier alpha value is -6.75. The van der Waals surface area contributed by atoms with Crippen molar-refractivity contribution in [2.45, 2.75) is 0 Å². The van der Waals surface area contributed by atoms with Crippen LogP contribution in [-0.4, -0.2) is 33.3 Å². The number of hydrogen-bond acceptors (Lipinski definition) is 7. The number of H-pyrrole nitrogens is 1. The molecular weight excluding hydrogens is 711 g/mol. The summed E-state index contributed by atoms with van der Waals surface area (Å²) in [6.45, 7) is 0. The molecule has 0 spiro atoms. The van der Waals surface area contributed by atoms with Crippen molar-refractivity contribution >= 4 is 80.4 Å². The Bertz CT molecular complexity index is 2490. The number of carbonyl (C=O) groups excluding carboxylic acids is 4. The molecule has 2 aliphatic carbocycles. The molecule has 260 valence electrons. The third kappa shape index (κ3) is 7.94. The predicted octanol–water partition coefficient (Wildman–Crippen LogP) is 9.02. The van der Waals surface area contributed by atoms with E-state index in [1.807, 2.05) is 0 Å². The molecule has 2 aliphatic rings. The Morgan fingerprint density at radius 1 is 0.623 bits per heavy atom. The highest BCUT2D eigenvalue weighted by molar-refractivity contribution is 6.38. The summed E-state index contributed by atoms with van der Waals surface area (Å²) in [6.07, 6.45) is 16.6. The second kappa shape index (κ2) is 15.2. The topological polar surface area (TPSA) is 145 Å². The lowest BCUT2D eigenvalue weighted by Crippen LogP contribution is -2.12. The van der Waals surface area contributed by atoms with Gasteiger partial charge >= 0.3 is 0 Å². The SMILES string of the molecule is O=C1C=CC=CC1=CNc1ccc(C(=O)Nc2ccc(-c3nc4c(Cl)c(NC(=O)c5ccc(NC=C6C=CC=CC6=O)cc5)ccc4[nH]3)cc2Cl)cc1. The number of nitrogens with zero attached hydrogens (tertiary/aromatic N) is 1. The minimum absolute atomic E-state index is 0.0903. The van der Waals surface area contributed by atoms with E-state index < -0.39 is 0 Å². The van der Waals surface area contributed by atoms with Crippen molar-refractivity contribution in [3.05, 3.63) is 172 Å². The first-order valence-corrected chi connectivity index (χ1v) is 17.0. The fourth-order valence-corrected chi connectivity index (χ4v) is 5.87. The quantitative estimate of drug-likeness (QED) is 0.0949. The van der Waals surface area contributed by atoms with Crippen LogP contribution in [0.2, 0.25) is 10.0 Å². The molecule has 0 saturated carbocycles. The molecule has 1 aromatic heterocycles. The number of fused-ring (bicyclic) bond motifs is 1. The minimum atomic E-state index is -0.361. The zero-order valence-electron chi connectivity index (χ0n) is 27.6. The zero-order chi connectivity index (χ0) is 36.9. The van der Waals surface area contributed by atoms with Crippen LogP contribution in [-0.2, 0) is 9.59 Å². The van der Waals surface area contributed by atoms with E-state index in [-0.39, 0.29) is 28.4 Å². The molecule has 0 aliphatic heterocycles. The van der Waals surface area contributed by atoms with Gasteiger partial charge in [0.2, 0.25) is 0 Å². The number of amides is 2. The van der Waals surface area contributed by atoms with Crippen LogP contribution < -0.4 is 21.3 Å². The highest BCUT2D eigenvalue weighted by Gasteiger charge is 2.16. The Kier molecular flexibility index (Phi) is 9.97. The number of aromatic nitrogens is 2. The number of anilines is 4. The number of aromatic amines is 1. The second-order valence-corrected chi connectivity index (χ2v) is 12.6. The van der Waals surface area contributed by atoms with Crippen molar-refractivity contribution in [3.63, 3.8) is 0 Å². The smallest absolute Gasteiger partial charge is 0.255 e. The van der Waals surface area contributed by atoms with Crippen molar-refractivity contribution in [2.75, 3.05) is 21.3 Å². The maximum Gasteiger partial charge on any atom is 0.255 e. The largest absolute Gasteiger partial charge is 0.361 e. The van der Waals surface area contributed by atoms with E-state index in [2.05, 4.69) is 31.2 Å². The normalized spacial score (nSPS) is 15.0. The molecule has 5 aromatic rings. The molecule has 2 amide bonds. The summed E-state index contributed by atoms with van der Waals surface area (Å²) in [7, 11) is 0. The van der Waals surface area contributed by atoms with Crippen molar-refractivity contribution in [2.24, 2.45) is 0 Å². The number of benzene rings is 4. The number of imidazole rings is 1. The molecule has 0 fully saturated rings. The van der Waals surface area contributed by atoms with Gasteiger partial charge in [-0.2, -0.15) is 0 Å². The van der Waals surface area contributed by atoms with Gasteiger partial charge in [0.15, 0.2) is 11.6 Å². The first kappa shape index (κ1) is 34.7. The van der Waals surface area contributed by atoms with Crippen LogP contribution in [0, 0.1) is 0 Å². The monoisotopic (exact) mass is 738 g/mol. The van der Waals surface area contributed by atoms with Crippen LogP contribution in [0.4, 0.5) is 22.7 Å². The van der Waals surface area contributed by atoms with Crippen molar-refractivity contribution in [3.8, 4) is 11.4 Å². The highest BCUT2D eigenvalue weighted by Crippen LogP contribution is 2.34. The summed E-state index contributed by atoms with van der Waals surface area (Å²) >= 11 is 13.3. The number of rotatable bonds is 9. The lowest BCUT2D eigenvalue weighted by atomic mass is 10.1. The van der Waals surface area contributed by atoms with Gasteiger partial charge in [-0.3, -0.25) is 19.2 Å². The molecule has 5 N–H and O–H groups in total. The number of allylic oxidation sites excluding steroid dienone is 10. The molecule has 4 aromatic carbocycles. The molecule has 1 heterocycles. The predicted molar refractivity (Wildman–Crippen MR) is 210 cm³/mol. The van der Waals surface area contributed by atoms with Crippen molar-refractivity contribution < 1.29 is 19.2 Å². The average Bonchev–Trinajstić information content (AvgIpc) is 3.62. The van der Waals surface area contributed by atoms with Gasteiger partial charge in [-0.15, -0.1) is 0 Å². The Labute approximate surface area is 313 Å². The fraction of sp³-hybridized carbons (Fsp3) is 0. The molecule has 12 heteroatoms. The molecule has 0 atom stereocenters. The first-order valence-electron chi connectivity index (χ1n) is 16.2. The number of nitrogens with one attached hydrogen (secondary N) is 5. The zero-order valence-corrected chi connectivity index (χ0v) is 29.1. The van der Waals surface area contributed by atoms with E-state index in [1.54, 1.807) is 128 Å². The summed E-state index contributed by atoms with van der Waals surface area (Å²) in [5, 5.41) is 12.4. The van der Waals surface area contributed by atoms with E-state index >= 15 is 0 Å². The average molecular weight is 740 g/mol. The van der Waals surface area contributed by atoms with E-state index in [4.69, 9.17) is 23.2 Å². The number of ketones is 2. The van der Waals surface area contributed by atoms with Crippen molar-refractivity contribution in [1.29, 1.82) is 0 Å². The number of hydrogen-bond donors (Lipinski definition) is 5. The number of carbonyl (C=O) groups is 4. The molecule has 0 saturated heterocycles. The van der Waals surface area contributed by atoms with Crippen LogP contribution in [0.5, 0.6) is 0 Å². The van der Waals surface area contributed by atoms with Gasteiger partial charge in [0.05, 0.1) is 26.9 Å². The summed E-state index contributed by atoms with van der Waals surface area (Å²) < 4.78 is 0. The molecule has 53 heavy (non-hydrogen) atoms. The van der Waals surface area contributed by atoms with Crippen LogP contribution >= 0.6 is 23.2 Å². The first-order chi connectivity index (χ1) is 25.7. The second-order valence-electron chi connectivity index (χ2n) is 11.8. The summed E-state index contributed by atoms with van der Waals surface area (Å²) in [4.78, 5) is 57.8. The fourth-order valence-electron chi connectivity index (χ4n) is 5.39. The Morgan fingerprint density at radius 3 is 1.66 bits per heavy atom. The van der Waals surface area contributed by atoms with E-state index in [9.17, 15) is 19.2 Å². The highest BCUT2D eigenvalue weighted by atomic mass is 35.5. The van der Waals surface area contributed by atoms with Crippen LogP contribution in [0.15, 0.2) is 151 Å². The van der Waals surface area contributed by atoms with Crippen LogP contribution in [0.1, 0.15) is 20.7 Å². The Balaban J connectivity index is 0.986. The summed E-state index contributed by atoms with van der Waals surface area (Å²) in [5.41, 5.74) is 5.86. The van der Waals surface area contributed by atoms with Crippen LogP contribution in [0.3, 0.4) is 0 Å². The summed E-state index contributed by atoms with van der Waals surface area (Å²) in [5.74, 6) is -0.402. The molecular formula is C41H28Cl2N6O4. The van der Waals surface area contributed by atoms with Crippen LogP contribution in [0.25, 0.3) is 22.4 Å². The molecule has 10 nitrogen and oxygen atoms in total. The lowest BCUT2D eigenvalue weighted by molar-refractivity contribution is -0.111. The summed E-state index contributed by atoms with van der Waals surface area (Å²) in [6, 6.07) is 22.2. The van der Waals surface area contributed by atoms with E-state index in [0.717, 1.165) is 0 Å². The van der Waals surface area contributed by atoms with Gasteiger partial charge in [-0.25, -0.2) is 4.98 Å². The number of halogens is 2. The molecule has 7 rings (SSSR count). The molecule has 0 radical (unpaired) electrons. The standard InChI is InChI=1S/C41H28Cl2N6O4/c42-31-21-26(13-18-32(31)47-40(52)24-9-14-29(15-10-24)44-22-27-5-1-3-7-35(27)50)39-46-34-20-19-33(37(43)38(34)49-39)48-41(53)25-11-16-30(17-12-25)45-23-28-6-2-4-8-36(28)51/h1-23,44-45H,(H,46,49)(H,47,52)(H,48,53). The van der Waals surface area contributed by atoms with Gasteiger partial charge in [0, 0.05) is 51.6 Å².